The third kappa shape index (κ3) is 2.33. The molecule has 0 aromatic carbocycles. The lowest BCUT2D eigenvalue weighted by Gasteiger charge is -2.65. The van der Waals surface area contributed by atoms with E-state index in [-0.39, 0.29) is 35.2 Å². The normalized spacial score (nSPS) is 55.8. The Morgan fingerprint density at radius 1 is 1.11 bits per heavy atom. The summed E-state index contributed by atoms with van der Waals surface area (Å²) in [5.41, 5.74) is -0.250. The van der Waals surface area contributed by atoms with E-state index in [2.05, 4.69) is 13.8 Å². The Hall–Kier alpha value is -0.910. The van der Waals surface area contributed by atoms with Gasteiger partial charge in [-0.3, -0.25) is 0 Å². The molecule has 1 aliphatic heterocycles. The second-order valence-corrected chi connectivity index (χ2v) is 10.9. The van der Waals surface area contributed by atoms with Crippen molar-refractivity contribution in [2.24, 2.45) is 34.5 Å². The molecule has 3 N–H and O–H groups in total. The van der Waals surface area contributed by atoms with Gasteiger partial charge in [-0.1, -0.05) is 13.8 Å². The lowest BCUT2D eigenvalue weighted by Crippen LogP contribution is -2.66. The molecule has 1 heterocycles. The molecule has 4 fully saturated rings. The summed E-state index contributed by atoms with van der Waals surface area (Å²) < 4.78 is 5.17. The van der Waals surface area contributed by atoms with E-state index in [0.29, 0.717) is 18.9 Å². The van der Waals surface area contributed by atoms with Crippen molar-refractivity contribution >= 4 is 5.97 Å². The van der Waals surface area contributed by atoms with Crippen LogP contribution in [0.4, 0.5) is 0 Å². The zero-order valence-electron chi connectivity index (χ0n) is 17.1. The standard InChI is InChI=1S/C23H34O5/c1-21-7-5-15(24)10-14(21)3-4-17-20(21)18(25)11-22(2)16(6-8-23(17,22)27)13-9-19(26)28-12-13/h9,14-18,20,24-25,27H,3-8,10-12H2,1-2H3/t14-,15-,16-,17+,18+,20-,21-,22+,23-/m0/s1. The largest absolute Gasteiger partial charge is 0.458 e. The molecular weight excluding hydrogens is 356 g/mol. The lowest BCUT2D eigenvalue weighted by molar-refractivity contribution is -0.242. The van der Waals surface area contributed by atoms with Crippen molar-refractivity contribution in [3.63, 3.8) is 0 Å². The van der Waals surface area contributed by atoms with Crippen LogP contribution >= 0.6 is 0 Å². The highest BCUT2D eigenvalue weighted by Crippen LogP contribution is 2.69. The van der Waals surface area contributed by atoms with E-state index in [4.69, 9.17) is 4.74 Å². The van der Waals surface area contributed by atoms with Gasteiger partial charge in [0.1, 0.15) is 6.61 Å². The first-order chi connectivity index (χ1) is 13.2. The number of hydrogen-bond acceptors (Lipinski definition) is 5. The van der Waals surface area contributed by atoms with Gasteiger partial charge in [-0.05, 0) is 86.0 Å². The third-order valence-corrected chi connectivity index (χ3v) is 9.89. The Labute approximate surface area is 167 Å². The monoisotopic (exact) mass is 390 g/mol. The summed E-state index contributed by atoms with van der Waals surface area (Å²) in [6, 6.07) is 0. The van der Waals surface area contributed by atoms with Gasteiger partial charge in [0.25, 0.3) is 0 Å². The molecule has 4 saturated carbocycles. The topological polar surface area (TPSA) is 87.0 Å². The van der Waals surface area contributed by atoms with Crippen LogP contribution in [-0.2, 0) is 9.53 Å². The Balaban J connectivity index is 1.51. The molecule has 0 aromatic rings. The predicted molar refractivity (Wildman–Crippen MR) is 103 cm³/mol. The number of cyclic esters (lactones) is 1. The average Bonchev–Trinajstić information content (AvgIpc) is 3.16. The third-order valence-electron chi connectivity index (χ3n) is 9.89. The number of rotatable bonds is 1. The molecule has 0 bridgehead atoms. The average molecular weight is 391 g/mol. The molecule has 0 unspecified atom stereocenters. The van der Waals surface area contributed by atoms with E-state index in [1.165, 1.54) is 0 Å². The van der Waals surface area contributed by atoms with E-state index in [1.54, 1.807) is 6.08 Å². The number of aliphatic hydroxyl groups excluding tert-OH is 2. The fraction of sp³-hybridized carbons (Fsp3) is 0.870. The molecule has 5 nitrogen and oxygen atoms in total. The molecule has 0 aromatic heterocycles. The van der Waals surface area contributed by atoms with Crippen molar-refractivity contribution < 1.29 is 24.9 Å². The summed E-state index contributed by atoms with van der Waals surface area (Å²) in [7, 11) is 0. The molecule has 156 valence electrons. The van der Waals surface area contributed by atoms with Crippen LogP contribution in [0, 0.1) is 34.5 Å². The Bertz CT molecular complexity index is 718. The minimum absolute atomic E-state index is 0.0115. The van der Waals surface area contributed by atoms with Crippen LogP contribution in [0.5, 0.6) is 0 Å². The van der Waals surface area contributed by atoms with Crippen LogP contribution in [0.25, 0.3) is 0 Å². The van der Waals surface area contributed by atoms with E-state index in [0.717, 1.165) is 50.5 Å². The highest BCUT2D eigenvalue weighted by Gasteiger charge is 2.69. The molecular formula is C23H34O5. The Morgan fingerprint density at radius 3 is 2.61 bits per heavy atom. The van der Waals surface area contributed by atoms with Crippen molar-refractivity contribution in [2.45, 2.75) is 83.0 Å². The highest BCUT2D eigenvalue weighted by molar-refractivity contribution is 5.85. The quantitative estimate of drug-likeness (QED) is 0.599. The maximum atomic E-state index is 12.1. The van der Waals surface area contributed by atoms with Gasteiger partial charge in [-0.2, -0.15) is 0 Å². The van der Waals surface area contributed by atoms with Crippen molar-refractivity contribution in [3.05, 3.63) is 11.6 Å². The van der Waals surface area contributed by atoms with Crippen molar-refractivity contribution in [1.82, 2.24) is 0 Å². The summed E-state index contributed by atoms with van der Waals surface area (Å²) in [5, 5.41) is 33.7. The molecule has 0 spiro atoms. The first kappa shape index (κ1) is 19.1. The van der Waals surface area contributed by atoms with Crippen LogP contribution < -0.4 is 0 Å². The first-order valence-corrected chi connectivity index (χ1v) is 11.1. The van der Waals surface area contributed by atoms with Gasteiger partial charge in [-0.15, -0.1) is 0 Å². The van der Waals surface area contributed by atoms with Crippen molar-refractivity contribution in [1.29, 1.82) is 0 Å². The molecule has 5 aliphatic rings. The first-order valence-electron chi connectivity index (χ1n) is 11.1. The van der Waals surface area contributed by atoms with Gasteiger partial charge in [0.05, 0.1) is 17.8 Å². The van der Waals surface area contributed by atoms with Crippen LogP contribution in [0.15, 0.2) is 11.6 Å². The molecule has 5 rings (SSSR count). The minimum Gasteiger partial charge on any atom is -0.458 e. The molecule has 0 saturated heterocycles. The van der Waals surface area contributed by atoms with Gasteiger partial charge in [0.2, 0.25) is 0 Å². The maximum absolute atomic E-state index is 12.1. The van der Waals surface area contributed by atoms with Crippen molar-refractivity contribution in [3.8, 4) is 0 Å². The molecule has 28 heavy (non-hydrogen) atoms. The number of carbonyl (C=O) groups excluding carboxylic acids is 1. The number of esters is 1. The zero-order chi connectivity index (χ0) is 19.9. The van der Waals surface area contributed by atoms with Crippen LogP contribution in [0.2, 0.25) is 0 Å². The SMILES string of the molecule is C[C@]12CC[C@H](O)C[C@@H]1CC[C@@H]1[C@H]2[C@H](O)C[C@]2(C)[C@H](C3=CC(=O)OC3)CC[C@]12O. The Morgan fingerprint density at radius 2 is 1.89 bits per heavy atom. The summed E-state index contributed by atoms with van der Waals surface area (Å²) in [5.74, 6) is 0.420. The number of carbonyl (C=O) groups is 1. The van der Waals surface area contributed by atoms with E-state index in [9.17, 15) is 20.1 Å². The maximum Gasteiger partial charge on any atom is 0.331 e. The Kier molecular flexibility index (Phi) is 4.12. The van der Waals surface area contributed by atoms with Crippen molar-refractivity contribution in [2.75, 3.05) is 6.61 Å². The second-order valence-electron chi connectivity index (χ2n) is 10.9. The van der Waals surface area contributed by atoms with E-state index >= 15 is 0 Å². The number of hydrogen-bond donors (Lipinski definition) is 3. The molecule has 0 amide bonds. The molecule has 9 atom stereocenters. The molecule has 0 radical (unpaired) electrons. The van der Waals surface area contributed by atoms with Crippen LogP contribution in [-0.4, -0.2) is 45.7 Å². The van der Waals surface area contributed by atoms with Crippen LogP contribution in [0.1, 0.15) is 65.2 Å². The van der Waals surface area contributed by atoms with Gasteiger partial charge in [0, 0.05) is 11.5 Å². The van der Waals surface area contributed by atoms with E-state index < -0.39 is 17.1 Å². The lowest BCUT2D eigenvalue weighted by atomic mass is 9.42. The number of ether oxygens (including phenoxy) is 1. The van der Waals surface area contributed by atoms with Gasteiger partial charge < -0.3 is 20.1 Å². The van der Waals surface area contributed by atoms with Gasteiger partial charge >= 0.3 is 5.97 Å². The summed E-state index contributed by atoms with van der Waals surface area (Å²) >= 11 is 0. The summed E-state index contributed by atoms with van der Waals surface area (Å²) in [6.07, 6.45) is 7.61. The highest BCUT2D eigenvalue weighted by atomic mass is 16.5. The molecule has 5 heteroatoms. The summed E-state index contributed by atoms with van der Waals surface area (Å²) in [4.78, 5) is 11.6. The minimum atomic E-state index is -0.807. The number of aliphatic hydroxyl groups is 3. The predicted octanol–water partition coefficient (Wildman–Crippen LogP) is 2.58. The second kappa shape index (κ2) is 6.05. The van der Waals surface area contributed by atoms with Gasteiger partial charge in [0.15, 0.2) is 0 Å². The fourth-order valence-corrected chi connectivity index (χ4v) is 8.49. The van der Waals surface area contributed by atoms with Crippen LogP contribution in [0.3, 0.4) is 0 Å². The summed E-state index contributed by atoms with van der Waals surface area (Å²) in [6.45, 7) is 4.76. The number of fused-ring (bicyclic) bond motifs is 5. The molecule has 4 aliphatic carbocycles. The van der Waals surface area contributed by atoms with E-state index in [1.807, 2.05) is 0 Å². The van der Waals surface area contributed by atoms with Gasteiger partial charge in [-0.25, -0.2) is 4.79 Å². The smallest absolute Gasteiger partial charge is 0.331 e. The zero-order valence-corrected chi connectivity index (χ0v) is 17.1. The fourth-order valence-electron chi connectivity index (χ4n) is 8.49.